The number of nitrogens with one attached hydrogen (secondary N) is 1. The molecule has 0 saturated heterocycles. The topological polar surface area (TPSA) is 32.3 Å². The molecule has 0 aromatic heterocycles. The van der Waals surface area contributed by atoms with E-state index in [1.807, 2.05) is 49.6 Å². The summed E-state index contributed by atoms with van der Waals surface area (Å²) in [4.78, 5) is 15.8. The van der Waals surface area contributed by atoms with E-state index in [-0.39, 0.29) is 17.8 Å². The van der Waals surface area contributed by atoms with Gasteiger partial charge in [0.2, 0.25) is 5.91 Å². The summed E-state index contributed by atoms with van der Waals surface area (Å²) < 4.78 is 14.1. The summed E-state index contributed by atoms with van der Waals surface area (Å²) in [5.74, 6) is -0.179. The SMILES string of the molecule is CSc1ccccc1NC(=O)CCN(C1CC1)C(C)c1ccccc1F. The zero-order valence-electron chi connectivity index (χ0n) is 15.2. The molecule has 0 radical (unpaired) electrons. The van der Waals surface area contributed by atoms with Gasteiger partial charge < -0.3 is 5.32 Å². The molecule has 1 atom stereocenters. The van der Waals surface area contributed by atoms with E-state index < -0.39 is 0 Å². The number of hydrogen-bond donors (Lipinski definition) is 1. The normalized spacial score (nSPS) is 15.1. The number of anilines is 1. The van der Waals surface area contributed by atoms with Crippen LogP contribution in [0.1, 0.15) is 37.8 Å². The standard InChI is InChI=1S/C21H25FN2OS/c1-15(17-7-3-4-8-18(17)22)24(16-11-12-16)14-13-21(25)23-19-9-5-6-10-20(19)26-2/h3-10,15-16H,11-14H2,1-2H3,(H,23,25). The van der Waals surface area contributed by atoms with Gasteiger partial charge in [-0.25, -0.2) is 4.39 Å². The van der Waals surface area contributed by atoms with E-state index in [9.17, 15) is 9.18 Å². The van der Waals surface area contributed by atoms with Crippen LogP contribution in [0.2, 0.25) is 0 Å². The number of benzene rings is 2. The average Bonchev–Trinajstić information content (AvgIpc) is 3.47. The molecule has 1 amide bonds. The highest BCUT2D eigenvalue weighted by molar-refractivity contribution is 7.98. The van der Waals surface area contributed by atoms with E-state index in [0.717, 1.165) is 23.4 Å². The number of halogens is 1. The second kappa shape index (κ2) is 8.69. The van der Waals surface area contributed by atoms with E-state index in [0.29, 0.717) is 24.6 Å². The number of rotatable bonds is 8. The van der Waals surface area contributed by atoms with Gasteiger partial charge in [0.1, 0.15) is 5.82 Å². The molecular formula is C21H25FN2OS. The zero-order chi connectivity index (χ0) is 18.5. The van der Waals surface area contributed by atoms with E-state index in [1.165, 1.54) is 6.07 Å². The van der Waals surface area contributed by atoms with Crippen molar-refractivity contribution in [3.63, 3.8) is 0 Å². The maximum atomic E-state index is 14.1. The second-order valence-electron chi connectivity index (χ2n) is 6.66. The molecule has 1 saturated carbocycles. The van der Waals surface area contributed by atoms with E-state index in [4.69, 9.17) is 0 Å². The van der Waals surface area contributed by atoms with Crippen LogP contribution in [0, 0.1) is 5.82 Å². The third kappa shape index (κ3) is 4.65. The molecule has 2 aromatic carbocycles. The van der Waals surface area contributed by atoms with Crippen LogP contribution in [-0.4, -0.2) is 29.6 Å². The van der Waals surface area contributed by atoms with Crippen LogP contribution in [0.3, 0.4) is 0 Å². The molecule has 26 heavy (non-hydrogen) atoms. The number of hydrogen-bond acceptors (Lipinski definition) is 3. The molecule has 1 fully saturated rings. The minimum Gasteiger partial charge on any atom is -0.325 e. The third-order valence-electron chi connectivity index (χ3n) is 4.85. The quantitative estimate of drug-likeness (QED) is 0.654. The Morgan fingerprint density at radius 2 is 1.92 bits per heavy atom. The second-order valence-corrected chi connectivity index (χ2v) is 7.51. The van der Waals surface area contributed by atoms with Crippen LogP contribution in [0.15, 0.2) is 53.4 Å². The van der Waals surface area contributed by atoms with E-state index in [1.54, 1.807) is 17.8 Å². The Kier molecular flexibility index (Phi) is 6.33. The lowest BCUT2D eigenvalue weighted by atomic mass is 10.1. The van der Waals surface area contributed by atoms with Crippen LogP contribution in [0.4, 0.5) is 10.1 Å². The molecule has 0 bridgehead atoms. The summed E-state index contributed by atoms with van der Waals surface area (Å²) in [6.07, 6.45) is 4.64. The molecule has 1 aliphatic rings. The van der Waals surface area contributed by atoms with Gasteiger partial charge in [-0.1, -0.05) is 30.3 Å². The fourth-order valence-corrected chi connectivity index (χ4v) is 3.84. The Bertz CT molecular complexity index is 763. The van der Waals surface area contributed by atoms with Crippen molar-refractivity contribution in [1.82, 2.24) is 4.90 Å². The van der Waals surface area contributed by atoms with Gasteiger partial charge in [-0.2, -0.15) is 0 Å². The van der Waals surface area contributed by atoms with Crippen LogP contribution in [-0.2, 0) is 4.79 Å². The summed E-state index contributed by atoms with van der Waals surface area (Å²) >= 11 is 1.61. The van der Waals surface area contributed by atoms with E-state index >= 15 is 0 Å². The number of nitrogens with zero attached hydrogens (tertiary/aromatic N) is 1. The fourth-order valence-electron chi connectivity index (χ4n) is 3.28. The molecule has 3 rings (SSSR count). The van der Waals surface area contributed by atoms with Gasteiger partial charge in [-0.05, 0) is 44.2 Å². The van der Waals surface area contributed by atoms with Gasteiger partial charge in [0.05, 0.1) is 5.69 Å². The lowest BCUT2D eigenvalue weighted by Crippen LogP contribution is -2.33. The first kappa shape index (κ1) is 18.9. The van der Waals surface area contributed by atoms with Crippen LogP contribution in [0.25, 0.3) is 0 Å². The summed E-state index contributed by atoms with van der Waals surface area (Å²) in [6.45, 7) is 2.66. The molecule has 2 aromatic rings. The lowest BCUT2D eigenvalue weighted by Gasteiger charge is -2.29. The first-order valence-electron chi connectivity index (χ1n) is 9.03. The summed E-state index contributed by atoms with van der Waals surface area (Å²) in [7, 11) is 0. The van der Waals surface area contributed by atoms with Gasteiger partial charge in [-0.3, -0.25) is 9.69 Å². The first-order chi connectivity index (χ1) is 12.6. The molecule has 0 heterocycles. The Morgan fingerprint density at radius 1 is 1.23 bits per heavy atom. The third-order valence-corrected chi connectivity index (χ3v) is 5.64. The molecule has 1 unspecified atom stereocenters. The Morgan fingerprint density at radius 3 is 2.62 bits per heavy atom. The molecule has 1 N–H and O–H groups in total. The molecule has 138 valence electrons. The van der Waals surface area contributed by atoms with Crippen LogP contribution in [0.5, 0.6) is 0 Å². The number of thioether (sulfide) groups is 1. The summed E-state index contributed by atoms with van der Waals surface area (Å²) in [6, 6.07) is 15.1. The monoisotopic (exact) mass is 372 g/mol. The van der Waals surface area contributed by atoms with Crippen molar-refractivity contribution in [2.24, 2.45) is 0 Å². The number of amides is 1. The Hall–Kier alpha value is -1.85. The van der Waals surface area contributed by atoms with Gasteiger partial charge >= 0.3 is 0 Å². The van der Waals surface area contributed by atoms with Gasteiger partial charge in [0, 0.05) is 35.5 Å². The highest BCUT2D eigenvalue weighted by Gasteiger charge is 2.33. The van der Waals surface area contributed by atoms with Crippen molar-refractivity contribution in [3.8, 4) is 0 Å². The predicted octanol–water partition coefficient (Wildman–Crippen LogP) is 5.10. The maximum absolute atomic E-state index is 14.1. The smallest absolute Gasteiger partial charge is 0.225 e. The fraction of sp³-hybridized carbons (Fsp3) is 0.381. The molecule has 0 spiro atoms. The van der Waals surface area contributed by atoms with Crippen LogP contribution < -0.4 is 5.32 Å². The van der Waals surface area contributed by atoms with Gasteiger partial charge in [0.15, 0.2) is 0 Å². The minimum absolute atomic E-state index is 0.00196. The average molecular weight is 373 g/mol. The van der Waals surface area contributed by atoms with Gasteiger partial charge in [-0.15, -0.1) is 11.8 Å². The Balaban J connectivity index is 1.62. The molecule has 3 nitrogen and oxygen atoms in total. The lowest BCUT2D eigenvalue weighted by molar-refractivity contribution is -0.116. The number of carbonyl (C=O) groups excluding carboxylic acids is 1. The van der Waals surface area contributed by atoms with Crippen molar-refractivity contribution < 1.29 is 9.18 Å². The van der Waals surface area contributed by atoms with Gasteiger partial charge in [0.25, 0.3) is 0 Å². The molecule has 0 aliphatic heterocycles. The highest BCUT2D eigenvalue weighted by atomic mass is 32.2. The van der Waals surface area contributed by atoms with Crippen molar-refractivity contribution in [2.75, 3.05) is 18.1 Å². The highest BCUT2D eigenvalue weighted by Crippen LogP contribution is 2.35. The van der Waals surface area contributed by atoms with Crippen molar-refractivity contribution in [2.45, 2.75) is 43.2 Å². The maximum Gasteiger partial charge on any atom is 0.225 e. The van der Waals surface area contributed by atoms with Crippen molar-refractivity contribution in [1.29, 1.82) is 0 Å². The largest absolute Gasteiger partial charge is 0.325 e. The number of para-hydroxylation sites is 1. The van der Waals surface area contributed by atoms with E-state index in [2.05, 4.69) is 10.2 Å². The molecule has 5 heteroatoms. The summed E-state index contributed by atoms with van der Waals surface area (Å²) in [5, 5.41) is 3.01. The molecular weight excluding hydrogens is 347 g/mol. The Labute approximate surface area is 159 Å². The number of carbonyl (C=O) groups is 1. The van der Waals surface area contributed by atoms with Crippen LogP contribution >= 0.6 is 11.8 Å². The van der Waals surface area contributed by atoms with Crippen molar-refractivity contribution >= 4 is 23.4 Å². The molecule has 1 aliphatic carbocycles. The first-order valence-corrected chi connectivity index (χ1v) is 10.3. The summed E-state index contributed by atoms with van der Waals surface area (Å²) in [5.41, 5.74) is 1.55. The minimum atomic E-state index is -0.177. The zero-order valence-corrected chi connectivity index (χ0v) is 16.1. The van der Waals surface area contributed by atoms with Crippen molar-refractivity contribution in [3.05, 3.63) is 59.9 Å². The predicted molar refractivity (Wildman–Crippen MR) is 106 cm³/mol.